The predicted octanol–water partition coefficient (Wildman–Crippen LogP) is 4.40. The summed E-state index contributed by atoms with van der Waals surface area (Å²) in [6.07, 6.45) is 0. The first kappa shape index (κ1) is 20.5. The molecule has 0 saturated heterocycles. The van der Waals surface area contributed by atoms with E-state index in [-0.39, 0.29) is 17.9 Å². The Morgan fingerprint density at radius 3 is 1.90 bits per heavy atom. The minimum absolute atomic E-state index is 0.132. The number of rotatable bonds is 4. The number of anilines is 2. The van der Waals surface area contributed by atoms with Crippen molar-refractivity contribution in [2.45, 2.75) is 13.0 Å². The highest BCUT2D eigenvalue weighted by atomic mass is 16.5. The van der Waals surface area contributed by atoms with Gasteiger partial charge >= 0.3 is 0 Å². The van der Waals surface area contributed by atoms with Crippen molar-refractivity contribution in [3.05, 3.63) is 83.9 Å². The molecule has 3 aromatic rings. The first-order valence-electron chi connectivity index (χ1n) is 10.1. The fraction of sp³-hybridized carbons (Fsp3) is 0.200. The third-order valence-electron chi connectivity index (χ3n) is 5.42. The molecule has 1 aliphatic rings. The third kappa shape index (κ3) is 3.84. The number of para-hydroxylation sites is 2. The van der Waals surface area contributed by atoms with Crippen molar-refractivity contribution in [2.75, 3.05) is 30.6 Å². The molecule has 0 aromatic heterocycles. The van der Waals surface area contributed by atoms with Gasteiger partial charge in [0, 0.05) is 17.7 Å². The van der Waals surface area contributed by atoms with Crippen molar-refractivity contribution in [3.8, 4) is 11.5 Å². The van der Waals surface area contributed by atoms with Crippen LogP contribution in [0, 0.1) is 0 Å². The van der Waals surface area contributed by atoms with E-state index in [4.69, 9.17) is 9.47 Å². The Hall–Kier alpha value is -3.80. The fourth-order valence-electron chi connectivity index (χ4n) is 3.89. The molecule has 6 heteroatoms. The van der Waals surface area contributed by atoms with Crippen LogP contribution in [-0.4, -0.2) is 38.6 Å². The molecule has 0 aliphatic carbocycles. The summed E-state index contributed by atoms with van der Waals surface area (Å²) in [5.74, 6) is 0.983. The number of carbonyl (C=O) groups is 2. The van der Waals surface area contributed by atoms with E-state index in [0.717, 1.165) is 0 Å². The summed E-state index contributed by atoms with van der Waals surface area (Å²) in [7, 11) is 3.15. The molecular weight excluding hydrogens is 392 g/mol. The second kappa shape index (κ2) is 8.52. The Kier molecular flexibility index (Phi) is 5.62. The number of hydrogen-bond acceptors (Lipinski definition) is 4. The van der Waals surface area contributed by atoms with Gasteiger partial charge in [-0.25, -0.2) is 0 Å². The molecule has 6 nitrogen and oxygen atoms in total. The summed E-state index contributed by atoms with van der Waals surface area (Å²) in [6.45, 7) is 2.32. The maximum atomic E-state index is 13.4. The SMILES string of the molecule is COc1cccc(C(=O)N2CC(C)N(C(=O)c3cccc(OC)c3)c3ccccc32)c1. The molecule has 158 valence electrons. The molecule has 3 aromatic carbocycles. The zero-order valence-electron chi connectivity index (χ0n) is 17.7. The minimum Gasteiger partial charge on any atom is -0.497 e. The summed E-state index contributed by atoms with van der Waals surface area (Å²) in [6, 6.07) is 21.5. The normalized spacial score (nSPS) is 15.3. The number of fused-ring (bicyclic) bond motifs is 1. The summed E-state index contributed by atoms with van der Waals surface area (Å²) in [5.41, 5.74) is 2.47. The first-order valence-corrected chi connectivity index (χ1v) is 10.1. The van der Waals surface area contributed by atoms with Crippen LogP contribution < -0.4 is 19.3 Å². The van der Waals surface area contributed by atoms with Crippen LogP contribution in [0.4, 0.5) is 11.4 Å². The van der Waals surface area contributed by atoms with Crippen molar-refractivity contribution in [3.63, 3.8) is 0 Å². The molecule has 0 fully saturated rings. The number of carbonyl (C=O) groups excluding carboxylic acids is 2. The lowest BCUT2D eigenvalue weighted by Gasteiger charge is -2.41. The zero-order chi connectivity index (χ0) is 22.0. The zero-order valence-corrected chi connectivity index (χ0v) is 17.7. The summed E-state index contributed by atoms with van der Waals surface area (Å²) in [4.78, 5) is 30.3. The highest BCUT2D eigenvalue weighted by Crippen LogP contribution is 2.37. The molecule has 4 rings (SSSR count). The largest absolute Gasteiger partial charge is 0.497 e. The first-order chi connectivity index (χ1) is 15.0. The lowest BCUT2D eigenvalue weighted by atomic mass is 10.0. The summed E-state index contributed by atoms with van der Waals surface area (Å²) < 4.78 is 10.5. The number of hydrogen-bond donors (Lipinski definition) is 0. The molecule has 1 aliphatic heterocycles. The molecule has 1 heterocycles. The predicted molar refractivity (Wildman–Crippen MR) is 120 cm³/mol. The molecule has 1 atom stereocenters. The molecule has 0 radical (unpaired) electrons. The van der Waals surface area contributed by atoms with Crippen LogP contribution in [0.25, 0.3) is 0 Å². The number of benzene rings is 3. The molecule has 0 N–H and O–H groups in total. The molecule has 2 amide bonds. The van der Waals surface area contributed by atoms with Crippen LogP contribution in [0.1, 0.15) is 27.6 Å². The van der Waals surface area contributed by atoms with E-state index in [2.05, 4.69) is 0 Å². The quantitative estimate of drug-likeness (QED) is 0.633. The lowest BCUT2D eigenvalue weighted by molar-refractivity contribution is 0.0952. The average molecular weight is 416 g/mol. The van der Waals surface area contributed by atoms with E-state index in [1.54, 1.807) is 72.6 Å². The van der Waals surface area contributed by atoms with Gasteiger partial charge in [0.05, 0.1) is 31.6 Å². The lowest BCUT2D eigenvalue weighted by Crippen LogP contribution is -2.52. The second-order valence-electron chi connectivity index (χ2n) is 7.39. The Morgan fingerprint density at radius 2 is 1.32 bits per heavy atom. The van der Waals surface area contributed by atoms with Gasteiger partial charge in [0.1, 0.15) is 11.5 Å². The van der Waals surface area contributed by atoms with Crippen LogP contribution in [0.5, 0.6) is 11.5 Å². The van der Waals surface area contributed by atoms with Gasteiger partial charge in [-0.3, -0.25) is 9.59 Å². The smallest absolute Gasteiger partial charge is 0.258 e. The molecule has 0 saturated carbocycles. The Morgan fingerprint density at radius 1 is 0.774 bits per heavy atom. The number of amides is 2. The van der Waals surface area contributed by atoms with Gasteiger partial charge in [-0.2, -0.15) is 0 Å². The van der Waals surface area contributed by atoms with Crippen molar-refractivity contribution >= 4 is 23.2 Å². The van der Waals surface area contributed by atoms with Crippen LogP contribution in [0.15, 0.2) is 72.8 Å². The molecule has 1 unspecified atom stereocenters. The van der Waals surface area contributed by atoms with Gasteiger partial charge in [0.2, 0.25) is 0 Å². The Labute approximate surface area is 181 Å². The van der Waals surface area contributed by atoms with Crippen molar-refractivity contribution in [1.82, 2.24) is 0 Å². The third-order valence-corrected chi connectivity index (χ3v) is 5.42. The van der Waals surface area contributed by atoms with E-state index in [1.165, 1.54) is 0 Å². The van der Waals surface area contributed by atoms with E-state index in [0.29, 0.717) is 40.5 Å². The van der Waals surface area contributed by atoms with Crippen LogP contribution in [0.3, 0.4) is 0 Å². The van der Waals surface area contributed by atoms with Crippen molar-refractivity contribution < 1.29 is 19.1 Å². The van der Waals surface area contributed by atoms with Gasteiger partial charge in [-0.15, -0.1) is 0 Å². The number of nitrogens with zero attached hydrogens (tertiary/aromatic N) is 2. The Balaban J connectivity index is 1.72. The maximum Gasteiger partial charge on any atom is 0.258 e. The Bertz CT molecular complexity index is 1130. The molecule has 31 heavy (non-hydrogen) atoms. The van der Waals surface area contributed by atoms with E-state index >= 15 is 0 Å². The highest BCUT2D eigenvalue weighted by Gasteiger charge is 2.35. The fourth-order valence-corrected chi connectivity index (χ4v) is 3.89. The van der Waals surface area contributed by atoms with Gasteiger partial charge in [0.25, 0.3) is 11.8 Å². The van der Waals surface area contributed by atoms with Crippen molar-refractivity contribution in [1.29, 1.82) is 0 Å². The van der Waals surface area contributed by atoms with E-state index in [9.17, 15) is 9.59 Å². The topological polar surface area (TPSA) is 59.1 Å². The standard InChI is InChI=1S/C25H24N2O4/c1-17-16-26(24(28)18-8-6-10-20(14-18)30-2)22-12-4-5-13-23(22)27(17)25(29)19-9-7-11-21(15-19)31-3/h4-15,17H,16H2,1-3H3. The van der Waals surface area contributed by atoms with Gasteiger partial charge in [-0.1, -0.05) is 24.3 Å². The number of ether oxygens (including phenoxy) is 2. The van der Waals surface area contributed by atoms with Crippen LogP contribution >= 0.6 is 0 Å². The number of methoxy groups -OCH3 is 2. The van der Waals surface area contributed by atoms with Crippen LogP contribution in [0.2, 0.25) is 0 Å². The minimum atomic E-state index is -0.219. The molecular formula is C25H24N2O4. The van der Waals surface area contributed by atoms with Gasteiger partial charge in [0.15, 0.2) is 0 Å². The average Bonchev–Trinajstić information content (AvgIpc) is 2.82. The van der Waals surface area contributed by atoms with Gasteiger partial charge in [-0.05, 0) is 55.5 Å². The second-order valence-corrected chi connectivity index (χ2v) is 7.39. The molecule has 0 spiro atoms. The van der Waals surface area contributed by atoms with E-state index in [1.807, 2.05) is 31.2 Å². The monoisotopic (exact) mass is 416 g/mol. The summed E-state index contributed by atoms with van der Waals surface area (Å²) in [5, 5.41) is 0. The van der Waals surface area contributed by atoms with E-state index < -0.39 is 0 Å². The summed E-state index contributed by atoms with van der Waals surface area (Å²) >= 11 is 0. The maximum absolute atomic E-state index is 13.4. The van der Waals surface area contributed by atoms with Crippen LogP contribution in [-0.2, 0) is 0 Å². The van der Waals surface area contributed by atoms with Gasteiger partial charge < -0.3 is 19.3 Å². The molecule has 0 bridgehead atoms. The highest BCUT2D eigenvalue weighted by molar-refractivity contribution is 6.14. The van der Waals surface area contributed by atoms with Crippen molar-refractivity contribution in [2.24, 2.45) is 0 Å².